The number of carbonyl (C=O) groups excluding carboxylic acids is 1. The molecule has 0 aromatic carbocycles. The molecule has 1 saturated carbocycles. The van der Waals surface area contributed by atoms with E-state index < -0.39 is 0 Å². The van der Waals surface area contributed by atoms with Gasteiger partial charge in [0.25, 0.3) is 5.91 Å². The maximum absolute atomic E-state index is 12.3. The smallest absolute Gasteiger partial charge is 0.257 e. The van der Waals surface area contributed by atoms with Gasteiger partial charge in [-0.2, -0.15) is 0 Å². The van der Waals surface area contributed by atoms with Crippen LogP contribution in [0.4, 0.5) is 5.69 Å². The Kier molecular flexibility index (Phi) is 4.15. The second kappa shape index (κ2) is 5.82. The Hall–Kier alpha value is -1.62. The third-order valence-electron chi connectivity index (χ3n) is 3.56. The number of anilines is 1. The van der Waals surface area contributed by atoms with Gasteiger partial charge in [0.15, 0.2) is 0 Å². The molecule has 0 aliphatic heterocycles. The minimum Gasteiger partial charge on any atom is -0.341 e. The molecule has 1 aromatic heterocycles. The maximum atomic E-state index is 12.3. The number of nitrogens with two attached hydrogens (primary N) is 1. The fourth-order valence-corrected chi connectivity index (χ4v) is 2.56. The summed E-state index contributed by atoms with van der Waals surface area (Å²) in [5.74, 6) is 6.02. The average Bonchev–Trinajstić information content (AvgIpc) is 2.90. The van der Waals surface area contributed by atoms with Crippen LogP contribution >= 0.6 is 0 Å². The van der Waals surface area contributed by atoms with Crippen molar-refractivity contribution in [1.82, 2.24) is 9.88 Å². The molecule has 2 rings (SSSR count). The van der Waals surface area contributed by atoms with Crippen molar-refractivity contribution in [3.8, 4) is 0 Å². The molecular formula is C13H20N4O. The van der Waals surface area contributed by atoms with E-state index in [1.54, 1.807) is 23.4 Å². The Morgan fingerprint density at radius 1 is 1.56 bits per heavy atom. The van der Waals surface area contributed by atoms with Crippen molar-refractivity contribution in [1.29, 1.82) is 0 Å². The number of nitrogens with one attached hydrogen (secondary N) is 1. The number of hydrogen-bond donors (Lipinski definition) is 2. The van der Waals surface area contributed by atoms with Crippen molar-refractivity contribution in [2.24, 2.45) is 11.8 Å². The number of nitrogens with zero attached hydrogens (tertiary/aromatic N) is 2. The van der Waals surface area contributed by atoms with Gasteiger partial charge >= 0.3 is 0 Å². The van der Waals surface area contributed by atoms with Gasteiger partial charge in [-0.15, -0.1) is 0 Å². The van der Waals surface area contributed by atoms with Gasteiger partial charge < -0.3 is 10.3 Å². The van der Waals surface area contributed by atoms with E-state index in [1.807, 2.05) is 7.05 Å². The lowest BCUT2D eigenvalue weighted by Crippen LogP contribution is -2.32. The molecule has 1 heterocycles. The first-order valence-corrected chi connectivity index (χ1v) is 6.38. The lowest BCUT2D eigenvalue weighted by molar-refractivity contribution is 0.0774. The molecule has 1 amide bonds. The van der Waals surface area contributed by atoms with E-state index in [0.29, 0.717) is 17.2 Å². The summed E-state index contributed by atoms with van der Waals surface area (Å²) >= 11 is 0. The highest BCUT2D eigenvalue weighted by molar-refractivity contribution is 5.99. The van der Waals surface area contributed by atoms with Crippen LogP contribution in [0.15, 0.2) is 18.5 Å². The Morgan fingerprint density at radius 2 is 2.28 bits per heavy atom. The highest BCUT2D eigenvalue weighted by atomic mass is 16.2. The first kappa shape index (κ1) is 12.8. The normalized spacial score (nSPS) is 15.7. The van der Waals surface area contributed by atoms with Gasteiger partial charge in [0, 0.05) is 26.0 Å². The summed E-state index contributed by atoms with van der Waals surface area (Å²) in [7, 11) is 1.84. The minimum absolute atomic E-state index is 0.0250. The zero-order chi connectivity index (χ0) is 13.0. The van der Waals surface area contributed by atoms with Gasteiger partial charge in [-0.3, -0.25) is 15.6 Å². The van der Waals surface area contributed by atoms with Crippen molar-refractivity contribution in [2.45, 2.75) is 25.7 Å². The monoisotopic (exact) mass is 248 g/mol. The van der Waals surface area contributed by atoms with Crippen LogP contribution < -0.4 is 11.3 Å². The lowest BCUT2D eigenvalue weighted by Gasteiger charge is -2.22. The molecule has 0 radical (unpaired) electrons. The predicted molar refractivity (Wildman–Crippen MR) is 71.0 cm³/mol. The highest BCUT2D eigenvalue weighted by Crippen LogP contribution is 2.26. The second-order valence-electron chi connectivity index (χ2n) is 4.90. The van der Waals surface area contributed by atoms with Gasteiger partial charge in [0.05, 0.1) is 11.3 Å². The summed E-state index contributed by atoms with van der Waals surface area (Å²) in [6.07, 6.45) is 8.20. The fourth-order valence-electron chi connectivity index (χ4n) is 2.56. The van der Waals surface area contributed by atoms with Crippen LogP contribution in [0.25, 0.3) is 0 Å². The summed E-state index contributed by atoms with van der Waals surface area (Å²) in [5, 5.41) is 0. The quantitative estimate of drug-likeness (QED) is 0.627. The van der Waals surface area contributed by atoms with Crippen molar-refractivity contribution in [3.63, 3.8) is 0 Å². The molecule has 18 heavy (non-hydrogen) atoms. The zero-order valence-corrected chi connectivity index (χ0v) is 10.7. The summed E-state index contributed by atoms with van der Waals surface area (Å²) < 4.78 is 0. The van der Waals surface area contributed by atoms with Gasteiger partial charge in [0.2, 0.25) is 0 Å². The first-order valence-electron chi connectivity index (χ1n) is 6.38. The number of rotatable bonds is 4. The van der Waals surface area contributed by atoms with Crippen molar-refractivity contribution in [3.05, 3.63) is 24.0 Å². The van der Waals surface area contributed by atoms with Crippen LogP contribution in [0.5, 0.6) is 0 Å². The molecule has 1 aliphatic rings. The molecule has 98 valence electrons. The Labute approximate surface area is 107 Å². The molecule has 0 atom stereocenters. The number of nitrogen functional groups attached to an aromatic ring is 1. The van der Waals surface area contributed by atoms with Crippen LogP contribution in [-0.4, -0.2) is 29.4 Å². The molecular weight excluding hydrogens is 228 g/mol. The molecule has 0 unspecified atom stereocenters. The third kappa shape index (κ3) is 2.79. The molecule has 0 spiro atoms. The van der Waals surface area contributed by atoms with E-state index in [9.17, 15) is 4.79 Å². The molecule has 5 heteroatoms. The Balaban J connectivity index is 2.05. The number of amides is 1. The number of pyridine rings is 1. The number of aromatic nitrogens is 1. The number of carbonyl (C=O) groups is 1. The van der Waals surface area contributed by atoms with Crippen LogP contribution in [0.3, 0.4) is 0 Å². The van der Waals surface area contributed by atoms with E-state index in [1.165, 1.54) is 25.7 Å². The largest absolute Gasteiger partial charge is 0.341 e. The lowest BCUT2D eigenvalue weighted by atomic mass is 10.1. The van der Waals surface area contributed by atoms with Gasteiger partial charge in [0.1, 0.15) is 0 Å². The van der Waals surface area contributed by atoms with Crippen molar-refractivity contribution < 1.29 is 4.79 Å². The highest BCUT2D eigenvalue weighted by Gasteiger charge is 2.21. The SMILES string of the molecule is CN(CC1CCCC1)C(=O)c1cnccc1NN. The molecule has 1 fully saturated rings. The molecule has 3 N–H and O–H groups in total. The topological polar surface area (TPSA) is 71.2 Å². The number of hydrogen-bond acceptors (Lipinski definition) is 4. The Bertz CT molecular complexity index is 415. The van der Waals surface area contributed by atoms with E-state index in [0.717, 1.165) is 6.54 Å². The van der Waals surface area contributed by atoms with Crippen LogP contribution in [0.1, 0.15) is 36.0 Å². The standard InChI is InChI=1S/C13H20N4O/c1-17(9-10-4-2-3-5-10)13(18)11-8-15-7-6-12(11)16-14/h6-8,10H,2-5,9,14H2,1H3,(H,15,16). The summed E-state index contributed by atoms with van der Waals surface area (Å²) in [6.45, 7) is 0.817. The van der Waals surface area contributed by atoms with Crippen LogP contribution in [-0.2, 0) is 0 Å². The fraction of sp³-hybridized carbons (Fsp3) is 0.538. The first-order chi connectivity index (χ1) is 8.72. The minimum atomic E-state index is -0.0250. The van der Waals surface area contributed by atoms with E-state index in [-0.39, 0.29) is 5.91 Å². The molecule has 0 saturated heterocycles. The van der Waals surface area contributed by atoms with E-state index >= 15 is 0 Å². The zero-order valence-electron chi connectivity index (χ0n) is 10.7. The van der Waals surface area contributed by atoms with Gasteiger partial charge in [-0.25, -0.2) is 0 Å². The van der Waals surface area contributed by atoms with Gasteiger partial charge in [-0.05, 0) is 24.8 Å². The maximum Gasteiger partial charge on any atom is 0.257 e. The predicted octanol–water partition coefficient (Wildman–Crippen LogP) is 1.63. The molecule has 1 aromatic rings. The molecule has 5 nitrogen and oxygen atoms in total. The summed E-state index contributed by atoms with van der Waals surface area (Å²) in [4.78, 5) is 18.1. The van der Waals surface area contributed by atoms with Crippen molar-refractivity contribution >= 4 is 11.6 Å². The third-order valence-corrected chi connectivity index (χ3v) is 3.56. The van der Waals surface area contributed by atoms with Crippen LogP contribution in [0.2, 0.25) is 0 Å². The summed E-state index contributed by atoms with van der Waals surface area (Å²) in [6, 6.07) is 1.71. The summed E-state index contributed by atoms with van der Waals surface area (Å²) in [5.41, 5.74) is 3.68. The van der Waals surface area contributed by atoms with Gasteiger partial charge in [-0.1, -0.05) is 12.8 Å². The van der Waals surface area contributed by atoms with Crippen LogP contribution in [0, 0.1) is 5.92 Å². The Morgan fingerprint density at radius 3 is 2.94 bits per heavy atom. The van der Waals surface area contributed by atoms with E-state index in [4.69, 9.17) is 5.84 Å². The number of hydrazine groups is 1. The molecule has 1 aliphatic carbocycles. The average molecular weight is 248 g/mol. The van der Waals surface area contributed by atoms with Crippen molar-refractivity contribution in [2.75, 3.05) is 19.0 Å². The second-order valence-corrected chi connectivity index (χ2v) is 4.90. The molecule has 0 bridgehead atoms. The van der Waals surface area contributed by atoms with E-state index in [2.05, 4.69) is 10.4 Å².